The highest BCUT2D eigenvalue weighted by atomic mass is 16.5. The maximum atomic E-state index is 9.59. The molecule has 0 aliphatic carbocycles. The van der Waals surface area contributed by atoms with Gasteiger partial charge >= 0.3 is 0 Å². The number of hydrogen-bond donors (Lipinski definition) is 0. The topological polar surface area (TPSA) is 58.8 Å². The summed E-state index contributed by atoms with van der Waals surface area (Å²) in [6.07, 6.45) is 3.32. The molecule has 4 nitrogen and oxygen atoms in total. The Balaban J connectivity index is 2.64. The molecule has 23 heavy (non-hydrogen) atoms. The van der Waals surface area contributed by atoms with Gasteiger partial charge in [0.25, 0.3) is 0 Å². The molecule has 0 atom stereocenters. The van der Waals surface area contributed by atoms with Gasteiger partial charge in [0.15, 0.2) is 0 Å². The van der Waals surface area contributed by atoms with Crippen molar-refractivity contribution in [2.45, 2.75) is 52.6 Å². The van der Waals surface area contributed by atoms with Crippen LogP contribution in [0.3, 0.4) is 0 Å². The number of ether oxygens (including phenoxy) is 1. The minimum Gasteiger partial charge on any atom is -0.488 e. The quantitative estimate of drug-likeness (QED) is 0.841. The van der Waals surface area contributed by atoms with Crippen molar-refractivity contribution in [3.05, 3.63) is 42.0 Å². The monoisotopic (exact) mass is 309 g/mol. The molecule has 2 aromatic rings. The van der Waals surface area contributed by atoms with Crippen LogP contribution >= 0.6 is 0 Å². The van der Waals surface area contributed by atoms with E-state index in [0.717, 1.165) is 28.1 Å². The molecular formula is C19H23N3O. The van der Waals surface area contributed by atoms with Gasteiger partial charge in [0.2, 0.25) is 0 Å². The summed E-state index contributed by atoms with van der Waals surface area (Å²) in [5.74, 6) is 0.758. The lowest BCUT2D eigenvalue weighted by Crippen LogP contribution is -2.23. The maximum absolute atomic E-state index is 9.59. The Labute approximate surface area is 138 Å². The van der Waals surface area contributed by atoms with Gasteiger partial charge in [0.05, 0.1) is 11.5 Å². The zero-order valence-electron chi connectivity index (χ0n) is 14.6. The summed E-state index contributed by atoms with van der Waals surface area (Å²) in [5.41, 5.74) is 2.78. The Hall–Kier alpha value is -2.41. The van der Waals surface area contributed by atoms with E-state index in [1.54, 1.807) is 6.20 Å². The van der Waals surface area contributed by atoms with Crippen LogP contribution in [-0.2, 0) is 5.41 Å². The van der Waals surface area contributed by atoms with Crippen molar-refractivity contribution in [2.24, 2.45) is 0 Å². The summed E-state index contributed by atoms with van der Waals surface area (Å²) in [7, 11) is 0. The molecular weight excluding hydrogens is 286 g/mol. The highest BCUT2D eigenvalue weighted by molar-refractivity contribution is 5.71. The number of rotatable bonds is 3. The highest BCUT2D eigenvalue weighted by Crippen LogP contribution is 2.36. The third-order valence-electron chi connectivity index (χ3n) is 3.57. The summed E-state index contributed by atoms with van der Waals surface area (Å²) < 4.78 is 5.96. The average Bonchev–Trinajstić information content (AvgIpc) is 2.46. The smallest absolute Gasteiger partial charge is 0.120 e. The SMILES string of the molecule is Cc1ncncc1-c1ccc(OC(C)(C)C)cc1C(C)(C)C#N. The molecule has 0 saturated heterocycles. The summed E-state index contributed by atoms with van der Waals surface area (Å²) in [5, 5.41) is 9.59. The first-order valence-corrected chi connectivity index (χ1v) is 7.66. The number of hydrogen-bond acceptors (Lipinski definition) is 4. The van der Waals surface area contributed by atoms with Crippen molar-refractivity contribution in [3.8, 4) is 22.9 Å². The van der Waals surface area contributed by atoms with Gasteiger partial charge in [-0.25, -0.2) is 9.97 Å². The number of benzene rings is 1. The second kappa shape index (κ2) is 6.00. The molecule has 4 heteroatoms. The number of nitrogens with zero attached hydrogens (tertiary/aromatic N) is 3. The van der Waals surface area contributed by atoms with Gasteiger partial charge in [-0.3, -0.25) is 0 Å². The molecule has 0 saturated carbocycles. The molecule has 120 valence electrons. The van der Waals surface area contributed by atoms with Gasteiger partial charge in [0, 0.05) is 17.5 Å². The van der Waals surface area contributed by atoms with Crippen molar-refractivity contribution < 1.29 is 4.74 Å². The van der Waals surface area contributed by atoms with Crippen molar-refractivity contribution >= 4 is 0 Å². The Morgan fingerprint density at radius 1 is 1.09 bits per heavy atom. The van der Waals surface area contributed by atoms with Crippen molar-refractivity contribution in [1.82, 2.24) is 9.97 Å². The van der Waals surface area contributed by atoms with Crippen LogP contribution in [0.1, 0.15) is 45.9 Å². The van der Waals surface area contributed by atoms with Crippen molar-refractivity contribution in [3.63, 3.8) is 0 Å². The molecule has 0 spiro atoms. The van der Waals surface area contributed by atoms with Gasteiger partial charge in [-0.1, -0.05) is 6.07 Å². The largest absolute Gasteiger partial charge is 0.488 e. The molecule has 0 amide bonds. The Morgan fingerprint density at radius 3 is 2.35 bits per heavy atom. The van der Waals surface area contributed by atoms with Gasteiger partial charge in [-0.2, -0.15) is 5.26 Å². The lowest BCUT2D eigenvalue weighted by Gasteiger charge is -2.25. The van der Waals surface area contributed by atoms with Crippen LogP contribution in [0, 0.1) is 18.3 Å². The molecule has 0 aliphatic rings. The van der Waals surface area contributed by atoms with Crippen LogP contribution in [-0.4, -0.2) is 15.6 Å². The molecule has 0 fully saturated rings. The molecule has 1 heterocycles. The zero-order chi connectivity index (χ0) is 17.3. The molecule has 0 N–H and O–H groups in total. The third-order valence-corrected chi connectivity index (χ3v) is 3.57. The van der Waals surface area contributed by atoms with Gasteiger partial charge in [-0.15, -0.1) is 0 Å². The molecule has 1 aromatic heterocycles. The first-order valence-electron chi connectivity index (χ1n) is 7.66. The second-order valence-electron chi connectivity index (χ2n) is 7.18. The highest BCUT2D eigenvalue weighted by Gasteiger charge is 2.26. The van der Waals surface area contributed by atoms with Crippen LogP contribution in [0.25, 0.3) is 11.1 Å². The number of nitriles is 1. The standard InChI is InChI=1S/C19H23N3O/c1-13-16(10-21-12-22-13)15-8-7-14(23-18(2,3)4)9-17(15)19(5,6)11-20/h7-10,12H,1-6H3. The first kappa shape index (κ1) is 17.0. The molecule has 2 rings (SSSR count). The van der Waals surface area contributed by atoms with Crippen molar-refractivity contribution in [1.29, 1.82) is 5.26 Å². The predicted molar refractivity (Wildman–Crippen MR) is 91.2 cm³/mol. The first-order chi connectivity index (χ1) is 10.6. The van der Waals surface area contributed by atoms with E-state index in [0.29, 0.717) is 0 Å². The summed E-state index contributed by atoms with van der Waals surface area (Å²) in [6.45, 7) is 11.8. The second-order valence-corrected chi connectivity index (χ2v) is 7.18. The molecule has 0 bridgehead atoms. The third kappa shape index (κ3) is 3.87. The Morgan fingerprint density at radius 2 is 1.78 bits per heavy atom. The molecule has 0 unspecified atom stereocenters. The van der Waals surface area contributed by atoms with Crippen molar-refractivity contribution in [2.75, 3.05) is 0 Å². The zero-order valence-corrected chi connectivity index (χ0v) is 14.6. The summed E-state index contributed by atoms with van der Waals surface area (Å²) >= 11 is 0. The fourth-order valence-electron chi connectivity index (χ4n) is 2.41. The van der Waals surface area contributed by atoms with E-state index >= 15 is 0 Å². The summed E-state index contributed by atoms with van der Waals surface area (Å²) in [4.78, 5) is 8.39. The number of aryl methyl sites for hydroxylation is 1. The van der Waals surface area contributed by atoms with Gasteiger partial charge in [0.1, 0.15) is 17.7 Å². The normalized spacial score (nSPS) is 11.9. The summed E-state index contributed by atoms with van der Waals surface area (Å²) in [6, 6.07) is 8.26. The molecule has 1 aromatic carbocycles. The van der Waals surface area contributed by atoms with E-state index in [1.165, 1.54) is 6.33 Å². The maximum Gasteiger partial charge on any atom is 0.120 e. The Bertz CT molecular complexity index is 752. The fraction of sp³-hybridized carbons (Fsp3) is 0.421. The van der Waals surface area contributed by atoms with Crippen LogP contribution in [0.2, 0.25) is 0 Å². The molecule has 0 radical (unpaired) electrons. The average molecular weight is 309 g/mol. The van der Waals surface area contributed by atoms with Gasteiger partial charge in [-0.05, 0) is 64.8 Å². The van der Waals surface area contributed by atoms with E-state index < -0.39 is 5.41 Å². The van der Waals surface area contributed by atoms with E-state index in [1.807, 2.05) is 59.7 Å². The van der Waals surface area contributed by atoms with E-state index in [4.69, 9.17) is 4.74 Å². The lowest BCUT2D eigenvalue weighted by atomic mass is 9.81. The van der Waals surface area contributed by atoms with Crippen LogP contribution in [0.4, 0.5) is 0 Å². The predicted octanol–water partition coefficient (Wildman–Crippen LogP) is 4.43. The lowest BCUT2D eigenvalue weighted by molar-refractivity contribution is 0.130. The minimum absolute atomic E-state index is 0.290. The molecule has 0 aliphatic heterocycles. The van der Waals surface area contributed by atoms with E-state index in [2.05, 4.69) is 16.0 Å². The minimum atomic E-state index is -0.644. The van der Waals surface area contributed by atoms with Crippen LogP contribution in [0.5, 0.6) is 5.75 Å². The van der Waals surface area contributed by atoms with Crippen LogP contribution < -0.4 is 4.74 Å². The van der Waals surface area contributed by atoms with E-state index in [9.17, 15) is 5.26 Å². The Kier molecular flexibility index (Phi) is 4.42. The fourth-order valence-corrected chi connectivity index (χ4v) is 2.41. The number of aromatic nitrogens is 2. The van der Waals surface area contributed by atoms with Crippen LogP contribution in [0.15, 0.2) is 30.7 Å². The van der Waals surface area contributed by atoms with Gasteiger partial charge < -0.3 is 4.74 Å². The van der Waals surface area contributed by atoms with E-state index in [-0.39, 0.29) is 5.60 Å².